The smallest absolute Gasteiger partial charge is 0.307 e. The van der Waals surface area contributed by atoms with Crippen LogP contribution in [0.2, 0.25) is 0 Å². The molecule has 2 aromatic carbocycles. The van der Waals surface area contributed by atoms with E-state index in [9.17, 15) is 14.0 Å². The van der Waals surface area contributed by atoms with Crippen molar-refractivity contribution in [3.63, 3.8) is 0 Å². The van der Waals surface area contributed by atoms with E-state index in [0.717, 1.165) is 5.56 Å². The van der Waals surface area contributed by atoms with Crippen molar-refractivity contribution in [3.8, 4) is 11.3 Å². The zero-order valence-corrected chi connectivity index (χ0v) is 16.1. The van der Waals surface area contributed by atoms with Gasteiger partial charge in [0.2, 0.25) is 0 Å². The number of benzene rings is 2. The summed E-state index contributed by atoms with van der Waals surface area (Å²) in [6.45, 7) is 0.418. The minimum absolute atomic E-state index is 0.102. The Morgan fingerprint density at radius 2 is 1.77 bits per heavy atom. The highest BCUT2D eigenvalue weighted by Crippen LogP contribution is 2.22. The Kier molecular flexibility index (Phi) is 6.51. The fourth-order valence-electron chi connectivity index (χ4n) is 3.01. The molecule has 1 heterocycles. The molecule has 30 heavy (non-hydrogen) atoms. The van der Waals surface area contributed by atoms with Gasteiger partial charge in [0.1, 0.15) is 11.5 Å². The molecule has 3 rings (SSSR count). The topological polar surface area (TPSA) is 131 Å². The van der Waals surface area contributed by atoms with Crippen LogP contribution >= 0.6 is 0 Å². The van der Waals surface area contributed by atoms with Crippen molar-refractivity contribution in [1.29, 1.82) is 0 Å². The second-order valence-corrected chi connectivity index (χ2v) is 6.68. The molecule has 0 bridgehead atoms. The molecule has 7 nitrogen and oxygen atoms in total. The predicted octanol–water partition coefficient (Wildman–Crippen LogP) is 2.68. The van der Waals surface area contributed by atoms with Gasteiger partial charge in [-0.3, -0.25) is 9.59 Å². The summed E-state index contributed by atoms with van der Waals surface area (Å²) in [5, 5.41) is 11.8. The van der Waals surface area contributed by atoms with E-state index in [1.807, 2.05) is 0 Å². The maximum Gasteiger partial charge on any atom is 0.307 e. The monoisotopic (exact) mass is 408 g/mol. The number of halogens is 1. The normalized spacial score (nSPS) is 10.6. The zero-order valence-electron chi connectivity index (χ0n) is 16.1. The van der Waals surface area contributed by atoms with Gasteiger partial charge in [-0.1, -0.05) is 18.2 Å². The van der Waals surface area contributed by atoms with Crippen molar-refractivity contribution >= 4 is 17.6 Å². The molecule has 0 spiro atoms. The van der Waals surface area contributed by atoms with E-state index >= 15 is 0 Å². The number of nitrogens with one attached hydrogen (secondary N) is 1. The number of pyridine rings is 1. The summed E-state index contributed by atoms with van der Waals surface area (Å²) in [5.41, 5.74) is 14.4. The predicted molar refractivity (Wildman–Crippen MR) is 111 cm³/mol. The molecule has 0 saturated carbocycles. The Hall–Kier alpha value is -3.62. The van der Waals surface area contributed by atoms with Crippen molar-refractivity contribution in [2.45, 2.75) is 19.5 Å². The van der Waals surface area contributed by atoms with Gasteiger partial charge >= 0.3 is 5.97 Å². The Labute approximate surface area is 172 Å². The number of nitrogens with two attached hydrogens (primary N) is 2. The summed E-state index contributed by atoms with van der Waals surface area (Å²) < 4.78 is 13.8. The maximum absolute atomic E-state index is 13.8. The lowest BCUT2D eigenvalue weighted by Gasteiger charge is -2.12. The van der Waals surface area contributed by atoms with Crippen LogP contribution in [0.15, 0.2) is 54.6 Å². The first kappa shape index (κ1) is 21.1. The van der Waals surface area contributed by atoms with Gasteiger partial charge in [-0.2, -0.15) is 0 Å². The fourth-order valence-corrected chi connectivity index (χ4v) is 3.01. The number of hydrogen-bond donors (Lipinski definition) is 4. The number of carboxylic acids is 1. The molecule has 0 aliphatic carbocycles. The van der Waals surface area contributed by atoms with Gasteiger partial charge in [0.05, 0.1) is 12.1 Å². The largest absolute Gasteiger partial charge is 0.481 e. The lowest BCUT2D eigenvalue weighted by atomic mass is 10.1. The summed E-state index contributed by atoms with van der Waals surface area (Å²) >= 11 is 0. The number of aliphatic carboxylic acids is 1. The van der Waals surface area contributed by atoms with Gasteiger partial charge < -0.3 is 21.9 Å². The molecule has 3 aromatic rings. The third kappa shape index (κ3) is 5.05. The first-order valence-electron chi connectivity index (χ1n) is 9.21. The maximum atomic E-state index is 13.8. The number of carboxylic acid groups (broad SMARTS) is 1. The summed E-state index contributed by atoms with van der Waals surface area (Å²) in [6, 6.07) is 14.2. The first-order chi connectivity index (χ1) is 14.4. The molecular weight excluding hydrogens is 387 g/mol. The van der Waals surface area contributed by atoms with Crippen molar-refractivity contribution in [2.24, 2.45) is 11.5 Å². The third-order valence-corrected chi connectivity index (χ3v) is 4.47. The molecule has 0 saturated heterocycles. The lowest BCUT2D eigenvalue weighted by molar-refractivity contribution is -0.136. The second kappa shape index (κ2) is 9.25. The molecule has 0 aliphatic heterocycles. The lowest BCUT2D eigenvalue weighted by Crippen LogP contribution is -2.16. The molecule has 0 atom stereocenters. The Morgan fingerprint density at radius 3 is 2.47 bits per heavy atom. The van der Waals surface area contributed by atoms with Gasteiger partial charge in [0, 0.05) is 24.3 Å². The third-order valence-electron chi connectivity index (χ3n) is 4.47. The van der Waals surface area contributed by atoms with Gasteiger partial charge in [0.25, 0.3) is 5.91 Å². The number of carbonyl (C=O) groups is 2. The summed E-state index contributed by atoms with van der Waals surface area (Å²) in [6.07, 6.45) is -0.251. The number of hydrogen-bond acceptors (Lipinski definition) is 5. The van der Waals surface area contributed by atoms with E-state index < -0.39 is 17.7 Å². The number of amides is 1. The molecular formula is C22H21FN4O3. The molecule has 0 radical (unpaired) electrons. The number of carbonyl (C=O) groups excluding carboxylic acids is 1. The molecule has 0 aliphatic rings. The summed E-state index contributed by atoms with van der Waals surface area (Å²) in [4.78, 5) is 28.2. The van der Waals surface area contributed by atoms with Gasteiger partial charge in [0.15, 0.2) is 0 Å². The van der Waals surface area contributed by atoms with Gasteiger partial charge in [-0.25, -0.2) is 9.37 Å². The van der Waals surface area contributed by atoms with Gasteiger partial charge in [-0.15, -0.1) is 0 Å². The van der Waals surface area contributed by atoms with E-state index in [2.05, 4.69) is 10.3 Å². The summed E-state index contributed by atoms with van der Waals surface area (Å²) in [7, 11) is 0. The van der Waals surface area contributed by atoms with Crippen molar-refractivity contribution in [2.75, 3.05) is 5.32 Å². The SMILES string of the molecule is NCc1cc(F)cc(-c2cccc(C(=O)Nc3cc(CN)ccc3CC(=O)O)n2)c1. The molecule has 0 fully saturated rings. The van der Waals surface area contributed by atoms with Gasteiger partial charge in [-0.05, 0) is 53.1 Å². The molecule has 8 heteroatoms. The number of rotatable bonds is 7. The minimum atomic E-state index is -1.02. The second-order valence-electron chi connectivity index (χ2n) is 6.68. The average Bonchev–Trinajstić information content (AvgIpc) is 2.74. The van der Waals surface area contributed by atoms with Crippen LogP contribution in [-0.4, -0.2) is 22.0 Å². The van der Waals surface area contributed by atoms with E-state index in [4.69, 9.17) is 16.6 Å². The Morgan fingerprint density at radius 1 is 1.00 bits per heavy atom. The van der Waals surface area contributed by atoms with E-state index in [0.29, 0.717) is 28.1 Å². The van der Waals surface area contributed by atoms with Crippen molar-refractivity contribution < 1.29 is 19.1 Å². The van der Waals surface area contributed by atoms with Crippen molar-refractivity contribution in [1.82, 2.24) is 4.98 Å². The van der Waals surface area contributed by atoms with Crippen LogP contribution in [0.3, 0.4) is 0 Å². The fraction of sp³-hybridized carbons (Fsp3) is 0.136. The standard InChI is InChI=1S/C22H21FN4O3/c23-17-7-14(12-25)6-16(9-17)18-2-1-3-19(26-18)22(30)27-20-8-13(11-24)4-5-15(20)10-21(28)29/h1-9H,10-12,24-25H2,(H,27,30)(H,28,29). The number of anilines is 1. The van der Waals surface area contributed by atoms with Crippen LogP contribution in [0, 0.1) is 5.82 Å². The summed E-state index contributed by atoms with van der Waals surface area (Å²) in [5.74, 6) is -1.98. The van der Waals surface area contributed by atoms with Crippen LogP contribution in [0.4, 0.5) is 10.1 Å². The number of nitrogens with zero attached hydrogens (tertiary/aromatic N) is 1. The molecule has 1 amide bonds. The van der Waals surface area contributed by atoms with Crippen LogP contribution in [-0.2, 0) is 24.3 Å². The first-order valence-corrected chi connectivity index (χ1v) is 9.21. The highest BCUT2D eigenvalue weighted by molar-refractivity contribution is 6.03. The molecule has 6 N–H and O–H groups in total. The van der Waals surface area contributed by atoms with E-state index in [1.54, 1.807) is 36.4 Å². The van der Waals surface area contributed by atoms with E-state index in [1.165, 1.54) is 18.2 Å². The molecule has 154 valence electrons. The minimum Gasteiger partial charge on any atom is -0.481 e. The van der Waals surface area contributed by atoms with Crippen LogP contribution in [0.5, 0.6) is 0 Å². The van der Waals surface area contributed by atoms with Crippen LogP contribution < -0.4 is 16.8 Å². The van der Waals surface area contributed by atoms with Crippen LogP contribution in [0.25, 0.3) is 11.3 Å². The molecule has 1 aromatic heterocycles. The highest BCUT2D eigenvalue weighted by Gasteiger charge is 2.14. The number of aromatic nitrogens is 1. The Bertz CT molecular complexity index is 1100. The van der Waals surface area contributed by atoms with Crippen LogP contribution in [0.1, 0.15) is 27.2 Å². The van der Waals surface area contributed by atoms with E-state index in [-0.39, 0.29) is 25.2 Å². The highest BCUT2D eigenvalue weighted by atomic mass is 19.1. The van der Waals surface area contributed by atoms with Crippen molar-refractivity contribution in [3.05, 3.63) is 82.8 Å². The molecule has 0 unspecified atom stereocenters. The Balaban J connectivity index is 1.91. The average molecular weight is 408 g/mol. The zero-order chi connectivity index (χ0) is 21.7. The quantitative estimate of drug-likeness (QED) is 0.475.